The maximum Gasteiger partial charge on any atom is 0.339 e. The topological polar surface area (TPSA) is 59.4 Å². The molecule has 0 atom stereocenters. The SMILES string of the molecule is COC=C(C(=O)O)c1cccc2ccc(-c3csc(-c4ccc(Cl)c(Cl)c4)n3)cc12. The van der Waals surface area contributed by atoms with Gasteiger partial charge in [-0.1, -0.05) is 59.6 Å². The van der Waals surface area contributed by atoms with Gasteiger partial charge in [-0.3, -0.25) is 0 Å². The van der Waals surface area contributed by atoms with E-state index in [4.69, 9.17) is 32.9 Å². The summed E-state index contributed by atoms with van der Waals surface area (Å²) >= 11 is 13.6. The summed E-state index contributed by atoms with van der Waals surface area (Å²) in [4.78, 5) is 16.5. The summed E-state index contributed by atoms with van der Waals surface area (Å²) in [6.07, 6.45) is 1.25. The molecule has 1 aromatic heterocycles. The van der Waals surface area contributed by atoms with Gasteiger partial charge in [0.2, 0.25) is 0 Å². The van der Waals surface area contributed by atoms with Gasteiger partial charge in [-0.05, 0) is 34.5 Å². The molecule has 0 aliphatic carbocycles. The molecular formula is C23H15Cl2NO3S. The second-order valence-corrected chi connectivity index (χ2v) is 8.15. The first-order chi connectivity index (χ1) is 14.5. The van der Waals surface area contributed by atoms with Crippen molar-refractivity contribution in [3.8, 4) is 21.8 Å². The van der Waals surface area contributed by atoms with Gasteiger partial charge in [0, 0.05) is 16.5 Å². The number of thiazole rings is 1. The molecule has 0 saturated carbocycles. The maximum absolute atomic E-state index is 11.7. The number of nitrogens with zero attached hydrogens (tertiary/aromatic N) is 1. The second kappa shape index (κ2) is 8.48. The van der Waals surface area contributed by atoms with E-state index in [2.05, 4.69) is 0 Å². The van der Waals surface area contributed by atoms with Crippen LogP contribution in [-0.2, 0) is 9.53 Å². The van der Waals surface area contributed by atoms with Crippen LogP contribution in [0.2, 0.25) is 10.0 Å². The molecule has 3 aromatic carbocycles. The molecular weight excluding hydrogens is 441 g/mol. The van der Waals surface area contributed by atoms with E-state index in [0.29, 0.717) is 15.6 Å². The predicted molar refractivity (Wildman–Crippen MR) is 123 cm³/mol. The van der Waals surface area contributed by atoms with Gasteiger partial charge in [0.1, 0.15) is 10.6 Å². The first-order valence-corrected chi connectivity index (χ1v) is 10.5. The smallest absolute Gasteiger partial charge is 0.339 e. The molecule has 0 amide bonds. The van der Waals surface area contributed by atoms with Gasteiger partial charge in [-0.2, -0.15) is 0 Å². The van der Waals surface area contributed by atoms with Crippen LogP contribution in [0.4, 0.5) is 0 Å². The van der Waals surface area contributed by atoms with Gasteiger partial charge >= 0.3 is 5.97 Å². The first kappa shape index (κ1) is 20.4. The number of carboxylic acid groups (broad SMARTS) is 1. The fraction of sp³-hybridized carbons (Fsp3) is 0.0435. The van der Waals surface area contributed by atoms with E-state index < -0.39 is 5.97 Å². The van der Waals surface area contributed by atoms with E-state index in [0.717, 1.165) is 32.6 Å². The van der Waals surface area contributed by atoms with Crippen molar-refractivity contribution in [3.05, 3.63) is 81.8 Å². The molecule has 0 saturated heterocycles. The Morgan fingerprint density at radius 1 is 1.07 bits per heavy atom. The molecule has 7 heteroatoms. The van der Waals surface area contributed by atoms with Crippen LogP contribution in [0.1, 0.15) is 5.56 Å². The molecule has 4 rings (SSSR count). The third kappa shape index (κ3) is 3.92. The third-order valence-corrected chi connectivity index (χ3v) is 6.24. The van der Waals surface area contributed by atoms with Gasteiger partial charge in [0.05, 0.1) is 29.1 Å². The minimum Gasteiger partial charge on any atom is -0.503 e. The Bertz CT molecular complexity index is 1300. The van der Waals surface area contributed by atoms with Crippen molar-refractivity contribution < 1.29 is 14.6 Å². The Balaban J connectivity index is 1.80. The molecule has 0 radical (unpaired) electrons. The zero-order chi connectivity index (χ0) is 21.3. The normalized spacial score (nSPS) is 11.6. The highest BCUT2D eigenvalue weighted by Gasteiger charge is 2.15. The van der Waals surface area contributed by atoms with E-state index >= 15 is 0 Å². The van der Waals surface area contributed by atoms with Crippen LogP contribution in [0.5, 0.6) is 0 Å². The number of aromatic nitrogens is 1. The monoisotopic (exact) mass is 455 g/mol. The number of hydrogen-bond donors (Lipinski definition) is 1. The number of methoxy groups -OCH3 is 1. The lowest BCUT2D eigenvalue weighted by molar-refractivity contribution is -0.130. The molecule has 1 N–H and O–H groups in total. The summed E-state index contributed by atoms with van der Waals surface area (Å²) in [5.74, 6) is -1.05. The minimum absolute atomic E-state index is 0.0926. The summed E-state index contributed by atoms with van der Waals surface area (Å²) in [5, 5.41) is 15.1. The van der Waals surface area contributed by atoms with Crippen molar-refractivity contribution in [2.45, 2.75) is 0 Å². The minimum atomic E-state index is -1.05. The van der Waals surface area contributed by atoms with Crippen LogP contribution in [0.15, 0.2) is 66.2 Å². The van der Waals surface area contributed by atoms with Gasteiger partial charge < -0.3 is 9.84 Å². The van der Waals surface area contributed by atoms with Gasteiger partial charge in [0.15, 0.2) is 0 Å². The van der Waals surface area contributed by atoms with Crippen LogP contribution in [-0.4, -0.2) is 23.2 Å². The number of halogens is 2. The molecule has 4 aromatic rings. The van der Waals surface area contributed by atoms with Crippen LogP contribution in [0.25, 0.3) is 38.2 Å². The van der Waals surface area contributed by atoms with E-state index in [1.807, 2.05) is 41.8 Å². The van der Waals surface area contributed by atoms with Crippen molar-refractivity contribution in [1.82, 2.24) is 4.98 Å². The molecule has 0 unspecified atom stereocenters. The number of aliphatic carboxylic acids is 1. The van der Waals surface area contributed by atoms with Gasteiger partial charge in [-0.25, -0.2) is 9.78 Å². The molecule has 4 nitrogen and oxygen atoms in total. The second-order valence-electron chi connectivity index (χ2n) is 6.48. The van der Waals surface area contributed by atoms with Crippen LogP contribution in [0, 0.1) is 0 Å². The Hall–Kier alpha value is -2.86. The van der Waals surface area contributed by atoms with Crippen LogP contribution in [0.3, 0.4) is 0 Å². The standard InChI is InChI=1S/C23H15Cl2NO3S/c1-29-11-18(23(27)28)16-4-2-3-13-5-6-14(9-17(13)16)21-12-30-22(26-21)15-7-8-19(24)20(25)10-15/h2-12H,1H3,(H,27,28). The van der Waals surface area contributed by atoms with Gasteiger partial charge in [-0.15, -0.1) is 11.3 Å². The highest BCUT2D eigenvalue weighted by atomic mass is 35.5. The van der Waals surface area contributed by atoms with Crippen molar-refractivity contribution in [2.24, 2.45) is 0 Å². The number of fused-ring (bicyclic) bond motifs is 1. The number of carboxylic acids is 1. The summed E-state index contributed by atoms with van der Waals surface area (Å²) in [5.41, 5.74) is 3.25. The quantitative estimate of drug-likeness (QED) is 0.259. The fourth-order valence-electron chi connectivity index (χ4n) is 3.18. The number of rotatable bonds is 5. The summed E-state index contributed by atoms with van der Waals surface area (Å²) in [6, 6.07) is 16.8. The molecule has 30 heavy (non-hydrogen) atoms. The van der Waals surface area contributed by atoms with E-state index in [9.17, 15) is 9.90 Å². The lowest BCUT2D eigenvalue weighted by Gasteiger charge is -2.09. The maximum atomic E-state index is 11.7. The van der Waals surface area contributed by atoms with Crippen molar-refractivity contribution in [3.63, 3.8) is 0 Å². The van der Waals surface area contributed by atoms with Crippen molar-refractivity contribution in [2.75, 3.05) is 7.11 Å². The van der Waals surface area contributed by atoms with Crippen LogP contribution >= 0.6 is 34.5 Å². The lowest BCUT2D eigenvalue weighted by Crippen LogP contribution is -2.01. The lowest BCUT2D eigenvalue weighted by atomic mass is 9.96. The number of carbonyl (C=O) groups is 1. The molecule has 0 fully saturated rings. The summed E-state index contributed by atoms with van der Waals surface area (Å²) in [7, 11) is 1.43. The van der Waals surface area contributed by atoms with E-state index in [-0.39, 0.29) is 5.57 Å². The summed E-state index contributed by atoms with van der Waals surface area (Å²) in [6.45, 7) is 0. The average Bonchev–Trinajstić information content (AvgIpc) is 3.23. The molecule has 0 bridgehead atoms. The molecule has 0 spiro atoms. The zero-order valence-electron chi connectivity index (χ0n) is 15.7. The first-order valence-electron chi connectivity index (χ1n) is 8.88. The third-order valence-electron chi connectivity index (χ3n) is 4.60. The largest absolute Gasteiger partial charge is 0.503 e. The zero-order valence-corrected chi connectivity index (χ0v) is 18.1. The Morgan fingerprint density at radius 3 is 2.60 bits per heavy atom. The Morgan fingerprint density at radius 2 is 1.87 bits per heavy atom. The fourth-order valence-corrected chi connectivity index (χ4v) is 4.31. The Kier molecular flexibility index (Phi) is 5.77. The number of hydrogen-bond acceptors (Lipinski definition) is 4. The summed E-state index contributed by atoms with van der Waals surface area (Å²) < 4.78 is 4.98. The predicted octanol–water partition coefficient (Wildman–Crippen LogP) is 7.01. The van der Waals surface area contributed by atoms with E-state index in [1.165, 1.54) is 24.7 Å². The molecule has 0 aliphatic rings. The van der Waals surface area contributed by atoms with E-state index in [1.54, 1.807) is 18.2 Å². The van der Waals surface area contributed by atoms with Crippen LogP contribution < -0.4 is 0 Å². The molecule has 0 aliphatic heterocycles. The molecule has 150 valence electrons. The van der Waals surface area contributed by atoms with Gasteiger partial charge in [0.25, 0.3) is 0 Å². The number of ether oxygens (including phenoxy) is 1. The average molecular weight is 456 g/mol. The highest BCUT2D eigenvalue weighted by molar-refractivity contribution is 7.13. The van der Waals surface area contributed by atoms with Crippen molar-refractivity contribution in [1.29, 1.82) is 0 Å². The number of benzene rings is 3. The Labute approximate surface area is 187 Å². The van der Waals surface area contributed by atoms with Crippen molar-refractivity contribution >= 4 is 56.9 Å². The molecule has 1 heterocycles. The highest BCUT2D eigenvalue weighted by Crippen LogP contribution is 2.34.